The molecule has 0 aliphatic carbocycles. The second kappa shape index (κ2) is 9.38. The van der Waals surface area contributed by atoms with Crippen LogP contribution in [0.1, 0.15) is 24.1 Å². The fourth-order valence-electron chi connectivity index (χ4n) is 3.90. The van der Waals surface area contributed by atoms with E-state index in [4.69, 9.17) is 21.1 Å². The first-order valence-electron chi connectivity index (χ1n) is 10.4. The topological polar surface area (TPSA) is 76.1 Å². The maximum absolute atomic E-state index is 13.2. The van der Waals surface area contributed by atoms with Crippen LogP contribution in [-0.2, 0) is 9.59 Å². The van der Waals surface area contributed by atoms with Gasteiger partial charge in [-0.2, -0.15) is 0 Å². The highest BCUT2D eigenvalue weighted by molar-refractivity contribution is 6.52. The molecule has 0 bridgehead atoms. The molecule has 1 N–H and O–H groups in total. The Balaban J connectivity index is 1.97. The Kier molecular flexibility index (Phi) is 6.38. The summed E-state index contributed by atoms with van der Waals surface area (Å²) in [7, 11) is 1.49. The molecule has 1 fully saturated rings. The van der Waals surface area contributed by atoms with Crippen molar-refractivity contribution >= 4 is 34.7 Å². The minimum Gasteiger partial charge on any atom is -0.507 e. The van der Waals surface area contributed by atoms with Crippen LogP contribution in [-0.4, -0.2) is 30.5 Å². The van der Waals surface area contributed by atoms with Crippen molar-refractivity contribution < 1.29 is 24.2 Å². The molecular weight excluding hydrogens is 442 g/mol. The van der Waals surface area contributed by atoms with Crippen LogP contribution < -0.4 is 14.4 Å². The molecule has 0 spiro atoms. The van der Waals surface area contributed by atoms with E-state index in [1.807, 2.05) is 13.0 Å². The zero-order valence-corrected chi connectivity index (χ0v) is 18.9. The number of ether oxygens (including phenoxy) is 2. The van der Waals surface area contributed by atoms with Gasteiger partial charge in [0, 0.05) is 11.3 Å². The van der Waals surface area contributed by atoms with Crippen LogP contribution >= 0.6 is 11.6 Å². The van der Waals surface area contributed by atoms with E-state index in [1.54, 1.807) is 60.7 Å². The number of nitrogens with zero attached hydrogens (tertiary/aromatic N) is 1. The molecule has 1 aliphatic rings. The number of anilines is 1. The number of benzene rings is 3. The van der Waals surface area contributed by atoms with Gasteiger partial charge in [-0.3, -0.25) is 14.5 Å². The Morgan fingerprint density at radius 3 is 2.45 bits per heavy atom. The predicted molar refractivity (Wildman–Crippen MR) is 127 cm³/mol. The van der Waals surface area contributed by atoms with Crippen molar-refractivity contribution in [2.75, 3.05) is 18.6 Å². The van der Waals surface area contributed by atoms with Gasteiger partial charge in [-0.1, -0.05) is 41.9 Å². The van der Waals surface area contributed by atoms with Gasteiger partial charge in [-0.25, -0.2) is 0 Å². The van der Waals surface area contributed by atoms with Crippen molar-refractivity contribution in [2.24, 2.45) is 0 Å². The second-order valence-electron chi connectivity index (χ2n) is 7.36. The van der Waals surface area contributed by atoms with Gasteiger partial charge in [0.1, 0.15) is 17.3 Å². The van der Waals surface area contributed by atoms with Gasteiger partial charge in [-0.15, -0.1) is 0 Å². The molecule has 1 aliphatic heterocycles. The molecule has 1 amide bonds. The first-order chi connectivity index (χ1) is 16.0. The summed E-state index contributed by atoms with van der Waals surface area (Å²) < 4.78 is 10.9. The number of hydrogen-bond donors (Lipinski definition) is 1. The number of aliphatic hydroxyl groups is 1. The molecular formula is C26H22ClNO5. The number of Topliss-reactive ketones (excluding diaryl/α,β-unsaturated/α-hetero) is 1. The summed E-state index contributed by atoms with van der Waals surface area (Å²) in [5.74, 6) is -0.876. The van der Waals surface area contributed by atoms with Crippen molar-refractivity contribution in [3.8, 4) is 11.5 Å². The van der Waals surface area contributed by atoms with Gasteiger partial charge < -0.3 is 14.6 Å². The van der Waals surface area contributed by atoms with Gasteiger partial charge in [0.2, 0.25) is 0 Å². The Hall–Kier alpha value is -3.77. The average Bonchev–Trinajstić information content (AvgIpc) is 3.10. The number of hydrogen-bond acceptors (Lipinski definition) is 5. The number of rotatable bonds is 6. The maximum atomic E-state index is 13.2. The quantitative estimate of drug-likeness (QED) is 0.302. The van der Waals surface area contributed by atoms with Gasteiger partial charge in [0.15, 0.2) is 0 Å². The molecule has 3 aromatic carbocycles. The van der Waals surface area contributed by atoms with E-state index in [9.17, 15) is 14.7 Å². The zero-order chi connectivity index (χ0) is 23.5. The van der Waals surface area contributed by atoms with Crippen molar-refractivity contribution in [1.82, 2.24) is 0 Å². The average molecular weight is 464 g/mol. The summed E-state index contributed by atoms with van der Waals surface area (Å²) in [6.45, 7) is 2.33. The molecule has 0 saturated carbocycles. The van der Waals surface area contributed by atoms with E-state index in [1.165, 1.54) is 18.1 Å². The van der Waals surface area contributed by atoms with Crippen LogP contribution in [0.2, 0.25) is 5.02 Å². The smallest absolute Gasteiger partial charge is 0.300 e. The molecule has 1 atom stereocenters. The van der Waals surface area contributed by atoms with Crippen LogP contribution in [0.5, 0.6) is 11.5 Å². The summed E-state index contributed by atoms with van der Waals surface area (Å²) in [6, 6.07) is 19.8. The van der Waals surface area contributed by atoms with E-state index >= 15 is 0 Å². The van der Waals surface area contributed by atoms with E-state index in [2.05, 4.69) is 0 Å². The van der Waals surface area contributed by atoms with Gasteiger partial charge in [-0.05, 0) is 55.0 Å². The molecule has 168 valence electrons. The fourth-order valence-corrected chi connectivity index (χ4v) is 4.11. The molecule has 33 heavy (non-hydrogen) atoms. The summed E-state index contributed by atoms with van der Waals surface area (Å²) in [5.41, 5.74) is 1.28. The van der Waals surface area contributed by atoms with E-state index in [0.29, 0.717) is 29.4 Å². The van der Waals surface area contributed by atoms with Gasteiger partial charge in [0.25, 0.3) is 11.7 Å². The zero-order valence-electron chi connectivity index (χ0n) is 18.1. The Labute approximate surface area is 196 Å². The summed E-state index contributed by atoms with van der Waals surface area (Å²) in [4.78, 5) is 27.8. The van der Waals surface area contributed by atoms with Crippen LogP contribution in [0.15, 0.2) is 78.4 Å². The first-order valence-corrected chi connectivity index (χ1v) is 10.8. The van der Waals surface area contributed by atoms with E-state index < -0.39 is 17.7 Å². The first kappa shape index (κ1) is 22.4. The molecule has 1 saturated heterocycles. The number of halogens is 1. The fraction of sp³-hybridized carbons (Fsp3) is 0.154. The van der Waals surface area contributed by atoms with Crippen LogP contribution in [0.25, 0.3) is 5.76 Å². The van der Waals surface area contributed by atoms with Crippen LogP contribution in [0.4, 0.5) is 5.69 Å². The number of carbonyl (C=O) groups is 2. The molecule has 4 rings (SSSR count). The standard InChI is InChI=1S/C26H22ClNO5/c1-3-33-19-11-7-8-16(14-19)23-22(24(29)20-15-18(32-2)12-13-21(20)27)25(30)26(31)28(23)17-9-5-4-6-10-17/h4-15,23,29H,3H2,1-2H3/b24-22+. The molecule has 1 unspecified atom stereocenters. The lowest BCUT2D eigenvalue weighted by Gasteiger charge is -2.25. The van der Waals surface area contributed by atoms with E-state index in [-0.39, 0.29) is 21.9 Å². The number of carbonyl (C=O) groups excluding carboxylic acids is 2. The molecule has 7 heteroatoms. The number of amides is 1. The third-order valence-electron chi connectivity index (χ3n) is 5.39. The predicted octanol–water partition coefficient (Wildman–Crippen LogP) is 5.37. The molecule has 1 heterocycles. The summed E-state index contributed by atoms with van der Waals surface area (Å²) >= 11 is 6.34. The van der Waals surface area contributed by atoms with Crippen LogP contribution in [0, 0.1) is 0 Å². The molecule has 0 aromatic heterocycles. The minimum atomic E-state index is -0.880. The Bertz CT molecular complexity index is 1240. The van der Waals surface area contributed by atoms with Crippen molar-refractivity contribution in [3.05, 3.63) is 94.5 Å². The summed E-state index contributed by atoms with van der Waals surface area (Å²) in [6.07, 6.45) is 0. The third kappa shape index (κ3) is 4.17. The number of aliphatic hydroxyl groups excluding tert-OH is 1. The molecule has 0 radical (unpaired) electrons. The highest BCUT2D eigenvalue weighted by Gasteiger charge is 2.47. The highest BCUT2D eigenvalue weighted by Crippen LogP contribution is 2.43. The third-order valence-corrected chi connectivity index (χ3v) is 5.72. The Morgan fingerprint density at radius 2 is 1.76 bits per heavy atom. The highest BCUT2D eigenvalue weighted by atomic mass is 35.5. The molecule has 3 aromatic rings. The maximum Gasteiger partial charge on any atom is 0.300 e. The molecule has 6 nitrogen and oxygen atoms in total. The normalized spacial score (nSPS) is 17.3. The lowest BCUT2D eigenvalue weighted by molar-refractivity contribution is -0.132. The summed E-state index contributed by atoms with van der Waals surface area (Å²) in [5, 5.41) is 11.5. The monoisotopic (exact) mass is 463 g/mol. The SMILES string of the molecule is CCOc1cccc(C2/C(=C(\O)c3cc(OC)ccc3Cl)C(=O)C(=O)N2c2ccccc2)c1. The van der Waals surface area contributed by atoms with Gasteiger partial charge in [0.05, 0.1) is 30.4 Å². The van der Waals surface area contributed by atoms with Crippen molar-refractivity contribution in [2.45, 2.75) is 13.0 Å². The van der Waals surface area contributed by atoms with Gasteiger partial charge >= 0.3 is 0 Å². The lowest BCUT2D eigenvalue weighted by Crippen LogP contribution is -2.29. The number of methoxy groups -OCH3 is 1. The minimum absolute atomic E-state index is 0.0624. The number of para-hydroxylation sites is 1. The Morgan fingerprint density at radius 1 is 1.00 bits per heavy atom. The second-order valence-corrected chi connectivity index (χ2v) is 7.76. The number of ketones is 1. The van der Waals surface area contributed by atoms with Crippen LogP contribution in [0.3, 0.4) is 0 Å². The lowest BCUT2D eigenvalue weighted by atomic mass is 9.95. The van der Waals surface area contributed by atoms with Crippen molar-refractivity contribution in [1.29, 1.82) is 0 Å². The van der Waals surface area contributed by atoms with Crippen molar-refractivity contribution in [3.63, 3.8) is 0 Å². The van der Waals surface area contributed by atoms with E-state index in [0.717, 1.165) is 0 Å². The largest absolute Gasteiger partial charge is 0.507 e.